The molecule has 0 saturated heterocycles. The number of methoxy groups -OCH3 is 1. The van der Waals surface area contributed by atoms with Gasteiger partial charge in [-0.25, -0.2) is 8.42 Å². The van der Waals surface area contributed by atoms with Gasteiger partial charge in [-0.1, -0.05) is 26.2 Å². The third kappa shape index (κ3) is 6.69. The molecule has 1 aromatic carbocycles. The van der Waals surface area contributed by atoms with Crippen LogP contribution in [0.25, 0.3) is 0 Å². The van der Waals surface area contributed by atoms with Crippen molar-refractivity contribution in [3.63, 3.8) is 0 Å². The summed E-state index contributed by atoms with van der Waals surface area (Å²) in [4.78, 5) is 12.4. The minimum Gasteiger partial charge on any atom is -0.497 e. The summed E-state index contributed by atoms with van der Waals surface area (Å²) in [6.45, 7) is 2.70. The number of unbranched alkanes of at least 4 members (excludes halogenated alkanes) is 3. The summed E-state index contributed by atoms with van der Waals surface area (Å²) in [5, 5.41) is 2.84. The molecular formula is C20H28N2O5S. The smallest absolute Gasteiger partial charge is 0.241 e. The molecule has 0 spiro atoms. The molecule has 0 saturated carbocycles. The second-order valence-corrected chi connectivity index (χ2v) is 8.19. The molecule has 1 atom stereocenters. The Kier molecular flexibility index (Phi) is 8.53. The second-order valence-electron chi connectivity index (χ2n) is 6.48. The molecule has 2 aromatic rings. The number of ether oxygens (including phenoxy) is 1. The molecule has 7 nitrogen and oxygen atoms in total. The summed E-state index contributed by atoms with van der Waals surface area (Å²) in [6, 6.07) is 8.56. The summed E-state index contributed by atoms with van der Waals surface area (Å²) >= 11 is 0. The summed E-state index contributed by atoms with van der Waals surface area (Å²) in [6.07, 6.45) is 5.63. The fourth-order valence-electron chi connectivity index (χ4n) is 2.74. The summed E-state index contributed by atoms with van der Waals surface area (Å²) < 4.78 is 38.4. The van der Waals surface area contributed by atoms with Crippen molar-refractivity contribution in [3.8, 4) is 5.75 Å². The van der Waals surface area contributed by atoms with E-state index in [-0.39, 0.29) is 17.2 Å². The first-order valence-electron chi connectivity index (χ1n) is 9.42. The molecular weight excluding hydrogens is 380 g/mol. The van der Waals surface area contributed by atoms with Crippen LogP contribution in [0.1, 0.15) is 50.8 Å². The van der Waals surface area contributed by atoms with Gasteiger partial charge in [0.25, 0.3) is 0 Å². The number of benzene rings is 1. The Balaban J connectivity index is 2.03. The average molecular weight is 409 g/mol. The van der Waals surface area contributed by atoms with Gasteiger partial charge < -0.3 is 14.5 Å². The van der Waals surface area contributed by atoms with Crippen LogP contribution in [0.4, 0.5) is 0 Å². The van der Waals surface area contributed by atoms with Crippen LogP contribution in [0.15, 0.2) is 52.0 Å². The van der Waals surface area contributed by atoms with Crippen LogP contribution < -0.4 is 14.8 Å². The fourth-order valence-corrected chi connectivity index (χ4v) is 3.94. The normalized spacial score (nSPS) is 12.5. The van der Waals surface area contributed by atoms with Crippen molar-refractivity contribution in [1.29, 1.82) is 0 Å². The van der Waals surface area contributed by atoms with Crippen LogP contribution in [0.3, 0.4) is 0 Å². The molecule has 154 valence electrons. The Morgan fingerprint density at radius 2 is 1.89 bits per heavy atom. The number of carbonyl (C=O) groups excluding carboxylic acids is 1. The van der Waals surface area contributed by atoms with Gasteiger partial charge in [-0.2, -0.15) is 4.72 Å². The molecule has 8 heteroatoms. The lowest BCUT2D eigenvalue weighted by Gasteiger charge is -2.17. The van der Waals surface area contributed by atoms with Crippen LogP contribution in [-0.2, 0) is 14.8 Å². The molecule has 0 aliphatic heterocycles. The molecule has 0 unspecified atom stereocenters. The summed E-state index contributed by atoms with van der Waals surface area (Å²) in [7, 11) is -2.32. The lowest BCUT2D eigenvalue weighted by Crippen LogP contribution is -2.34. The number of nitrogens with one attached hydrogen (secondary N) is 2. The molecule has 0 aliphatic carbocycles. The third-order valence-electron chi connectivity index (χ3n) is 4.30. The average Bonchev–Trinajstić information content (AvgIpc) is 3.22. The highest BCUT2D eigenvalue weighted by Crippen LogP contribution is 2.22. The van der Waals surface area contributed by atoms with Crippen LogP contribution in [0.2, 0.25) is 0 Å². The van der Waals surface area contributed by atoms with Crippen molar-refractivity contribution in [2.24, 2.45) is 0 Å². The maximum atomic E-state index is 12.7. The lowest BCUT2D eigenvalue weighted by atomic mass is 10.1. The highest BCUT2D eigenvalue weighted by molar-refractivity contribution is 7.89. The van der Waals surface area contributed by atoms with E-state index in [2.05, 4.69) is 17.0 Å². The highest BCUT2D eigenvalue weighted by Gasteiger charge is 2.25. The second kappa shape index (κ2) is 10.9. The Labute approximate surface area is 166 Å². The Morgan fingerprint density at radius 1 is 1.14 bits per heavy atom. The van der Waals surface area contributed by atoms with Gasteiger partial charge in [-0.3, -0.25) is 4.79 Å². The van der Waals surface area contributed by atoms with Crippen LogP contribution in [0, 0.1) is 0 Å². The Hall–Kier alpha value is -2.32. The monoisotopic (exact) mass is 408 g/mol. The van der Waals surface area contributed by atoms with E-state index in [0.717, 1.165) is 25.7 Å². The Morgan fingerprint density at radius 3 is 2.50 bits per heavy atom. The molecule has 0 aliphatic rings. The predicted molar refractivity (Wildman–Crippen MR) is 107 cm³/mol. The van der Waals surface area contributed by atoms with Gasteiger partial charge in [0.2, 0.25) is 15.9 Å². The van der Waals surface area contributed by atoms with E-state index >= 15 is 0 Å². The zero-order valence-electron chi connectivity index (χ0n) is 16.3. The van der Waals surface area contributed by atoms with E-state index in [1.165, 1.54) is 25.5 Å². The zero-order chi connectivity index (χ0) is 20.4. The van der Waals surface area contributed by atoms with Crippen molar-refractivity contribution in [3.05, 3.63) is 48.4 Å². The summed E-state index contributed by atoms with van der Waals surface area (Å²) in [5.41, 5.74) is 0. The van der Waals surface area contributed by atoms with Crippen molar-refractivity contribution in [2.75, 3.05) is 13.7 Å². The number of furan rings is 1. The fraction of sp³-hybridized carbons (Fsp3) is 0.450. The van der Waals surface area contributed by atoms with E-state index in [0.29, 0.717) is 18.1 Å². The maximum Gasteiger partial charge on any atom is 0.241 e. The highest BCUT2D eigenvalue weighted by atomic mass is 32.2. The minimum atomic E-state index is -3.83. The topological polar surface area (TPSA) is 97.6 Å². The van der Waals surface area contributed by atoms with E-state index in [1.807, 2.05) is 0 Å². The standard InChI is InChI=1S/C20H28N2O5S/c1-3-4-5-6-13-21-20(23)15-18(19-8-7-14-27-19)22-28(24,25)17-11-9-16(26-2)10-12-17/h7-12,14,18,22H,3-6,13,15H2,1-2H3,(H,21,23)/t18-/m0/s1. The van der Waals surface area contributed by atoms with Gasteiger partial charge in [-0.15, -0.1) is 0 Å². The maximum absolute atomic E-state index is 12.7. The number of amides is 1. The van der Waals surface area contributed by atoms with Crippen molar-refractivity contribution in [1.82, 2.24) is 10.0 Å². The van der Waals surface area contributed by atoms with Crippen LogP contribution >= 0.6 is 0 Å². The first-order valence-corrected chi connectivity index (χ1v) is 10.9. The van der Waals surface area contributed by atoms with Crippen molar-refractivity contribution >= 4 is 15.9 Å². The number of hydrogen-bond donors (Lipinski definition) is 2. The molecule has 0 radical (unpaired) electrons. The SMILES string of the molecule is CCCCCCNC(=O)C[C@H](NS(=O)(=O)c1ccc(OC)cc1)c1ccco1. The van der Waals surface area contributed by atoms with Crippen LogP contribution in [-0.4, -0.2) is 28.0 Å². The Bertz CT molecular complexity index is 817. The number of sulfonamides is 1. The minimum absolute atomic E-state index is 0.0450. The molecule has 1 aromatic heterocycles. The van der Waals surface area contributed by atoms with E-state index in [9.17, 15) is 13.2 Å². The van der Waals surface area contributed by atoms with Gasteiger partial charge in [0.05, 0.1) is 30.7 Å². The van der Waals surface area contributed by atoms with Gasteiger partial charge in [-0.05, 0) is 42.8 Å². The predicted octanol–water partition coefficient (Wildman–Crippen LogP) is 3.39. The zero-order valence-corrected chi connectivity index (χ0v) is 17.1. The molecule has 28 heavy (non-hydrogen) atoms. The lowest BCUT2D eigenvalue weighted by molar-refractivity contribution is -0.121. The van der Waals surface area contributed by atoms with Gasteiger partial charge in [0, 0.05) is 6.54 Å². The van der Waals surface area contributed by atoms with Crippen molar-refractivity contribution < 1.29 is 22.4 Å². The number of carbonyl (C=O) groups is 1. The number of hydrogen-bond acceptors (Lipinski definition) is 5. The van der Waals surface area contributed by atoms with Gasteiger partial charge >= 0.3 is 0 Å². The third-order valence-corrected chi connectivity index (χ3v) is 5.78. The molecule has 2 rings (SSSR count). The van der Waals surface area contributed by atoms with Gasteiger partial charge in [0.1, 0.15) is 11.5 Å². The molecule has 1 heterocycles. The van der Waals surface area contributed by atoms with E-state index < -0.39 is 16.1 Å². The first kappa shape index (κ1) is 22.0. The van der Waals surface area contributed by atoms with Gasteiger partial charge in [0.15, 0.2) is 0 Å². The van der Waals surface area contributed by atoms with E-state index in [1.54, 1.807) is 24.3 Å². The quantitative estimate of drug-likeness (QED) is 0.525. The molecule has 2 N–H and O–H groups in total. The first-order chi connectivity index (χ1) is 13.5. The number of rotatable bonds is 12. The molecule has 1 amide bonds. The van der Waals surface area contributed by atoms with Crippen molar-refractivity contribution in [2.45, 2.75) is 50.0 Å². The summed E-state index contributed by atoms with van der Waals surface area (Å²) in [5.74, 6) is 0.720. The van der Waals surface area contributed by atoms with E-state index in [4.69, 9.17) is 9.15 Å². The largest absolute Gasteiger partial charge is 0.497 e. The van der Waals surface area contributed by atoms with Crippen LogP contribution in [0.5, 0.6) is 5.75 Å². The molecule has 0 fully saturated rings. The molecule has 0 bridgehead atoms.